The zero-order chi connectivity index (χ0) is 11.8. The normalized spacial score (nSPS) is 26.2. The van der Waals surface area contributed by atoms with Crippen LogP contribution in [0.15, 0.2) is 0 Å². The molecule has 0 atom stereocenters. The topological polar surface area (TPSA) is 23.5 Å². The Labute approximate surface area is 101 Å². The van der Waals surface area contributed by atoms with Crippen molar-refractivity contribution in [2.75, 3.05) is 26.2 Å². The van der Waals surface area contributed by atoms with E-state index in [0.29, 0.717) is 6.61 Å². The molecule has 96 valence electrons. The van der Waals surface area contributed by atoms with E-state index in [0.717, 1.165) is 18.3 Å². The van der Waals surface area contributed by atoms with Gasteiger partial charge in [-0.2, -0.15) is 0 Å². The average molecular weight is 227 g/mol. The first kappa shape index (κ1) is 14.0. The van der Waals surface area contributed by atoms with Crippen LogP contribution in [0.5, 0.6) is 0 Å². The highest BCUT2D eigenvalue weighted by Crippen LogP contribution is 2.31. The summed E-state index contributed by atoms with van der Waals surface area (Å²) in [6, 6.07) is 0. The molecule has 0 aliphatic heterocycles. The summed E-state index contributed by atoms with van der Waals surface area (Å²) in [5.74, 6) is 1.73. The average Bonchev–Trinajstić information content (AvgIpc) is 2.31. The van der Waals surface area contributed by atoms with Gasteiger partial charge in [-0.05, 0) is 50.6 Å². The molecular formula is C14H29NO. The van der Waals surface area contributed by atoms with Crippen LogP contribution in [0.25, 0.3) is 0 Å². The van der Waals surface area contributed by atoms with Gasteiger partial charge >= 0.3 is 0 Å². The van der Waals surface area contributed by atoms with Gasteiger partial charge in [-0.3, -0.25) is 0 Å². The Morgan fingerprint density at radius 1 is 1.06 bits per heavy atom. The van der Waals surface area contributed by atoms with Gasteiger partial charge in [-0.1, -0.05) is 26.7 Å². The van der Waals surface area contributed by atoms with E-state index < -0.39 is 0 Å². The molecule has 1 aliphatic rings. The molecular weight excluding hydrogens is 198 g/mol. The molecule has 0 aromatic rings. The summed E-state index contributed by atoms with van der Waals surface area (Å²) in [6.07, 6.45) is 7.74. The van der Waals surface area contributed by atoms with Crippen LogP contribution in [0.4, 0.5) is 0 Å². The van der Waals surface area contributed by atoms with Gasteiger partial charge in [-0.25, -0.2) is 0 Å². The maximum atomic E-state index is 8.93. The van der Waals surface area contributed by atoms with Gasteiger partial charge in [0.05, 0.1) is 0 Å². The lowest BCUT2D eigenvalue weighted by molar-refractivity contribution is 0.166. The summed E-state index contributed by atoms with van der Waals surface area (Å²) in [5, 5.41) is 8.93. The Hall–Kier alpha value is -0.0800. The third-order valence-corrected chi connectivity index (χ3v) is 4.01. The summed E-state index contributed by atoms with van der Waals surface area (Å²) in [4.78, 5) is 2.59. The van der Waals surface area contributed by atoms with Crippen molar-refractivity contribution in [3.05, 3.63) is 0 Å². The monoisotopic (exact) mass is 227 g/mol. The fourth-order valence-corrected chi connectivity index (χ4v) is 2.95. The summed E-state index contributed by atoms with van der Waals surface area (Å²) >= 11 is 0. The Bertz CT molecular complexity index is 164. The second kappa shape index (κ2) is 8.08. The molecule has 0 saturated heterocycles. The lowest BCUT2D eigenvalue weighted by atomic mass is 9.80. The Kier molecular flexibility index (Phi) is 7.06. The molecule has 0 unspecified atom stereocenters. The van der Waals surface area contributed by atoms with Crippen LogP contribution in [0.3, 0.4) is 0 Å². The van der Waals surface area contributed by atoms with Crippen LogP contribution in [0.2, 0.25) is 0 Å². The van der Waals surface area contributed by atoms with E-state index in [-0.39, 0.29) is 0 Å². The first-order valence-electron chi connectivity index (χ1n) is 7.13. The van der Waals surface area contributed by atoms with Crippen molar-refractivity contribution in [1.29, 1.82) is 0 Å². The van der Waals surface area contributed by atoms with Gasteiger partial charge < -0.3 is 10.0 Å². The summed E-state index contributed by atoms with van der Waals surface area (Å²) in [5.41, 5.74) is 0. The van der Waals surface area contributed by atoms with E-state index in [1.807, 2.05) is 0 Å². The van der Waals surface area contributed by atoms with E-state index >= 15 is 0 Å². The first-order valence-corrected chi connectivity index (χ1v) is 7.13. The lowest BCUT2D eigenvalue weighted by Gasteiger charge is -2.32. The van der Waals surface area contributed by atoms with E-state index in [1.165, 1.54) is 51.7 Å². The zero-order valence-electron chi connectivity index (χ0n) is 11.1. The maximum absolute atomic E-state index is 8.93. The molecule has 2 nitrogen and oxygen atoms in total. The minimum absolute atomic E-state index is 0.381. The first-order chi connectivity index (χ1) is 7.80. The quantitative estimate of drug-likeness (QED) is 0.723. The van der Waals surface area contributed by atoms with Crippen molar-refractivity contribution in [2.24, 2.45) is 11.8 Å². The van der Waals surface area contributed by atoms with Crippen LogP contribution < -0.4 is 0 Å². The highest BCUT2D eigenvalue weighted by molar-refractivity contribution is 4.75. The van der Waals surface area contributed by atoms with Gasteiger partial charge in [-0.15, -0.1) is 0 Å². The van der Waals surface area contributed by atoms with E-state index in [4.69, 9.17) is 5.11 Å². The molecule has 1 aliphatic carbocycles. The zero-order valence-corrected chi connectivity index (χ0v) is 11.1. The second-order valence-electron chi connectivity index (χ2n) is 5.29. The molecule has 0 aromatic carbocycles. The smallest absolute Gasteiger partial charge is 0.0433 e. The SMILES string of the molecule is CCCN(CC)CC1CCC(CCO)CC1. The van der Waals surface area contributed by atoms with Crippen molar-refractivity contribution in [3.8, 4) is 0 Å². The number of hydrogen-bond acceptors (Lipinski definition) is 2. The van der Waals surface area contributed by atoms with E-state index in [2.05, 4.69) is 18.7 Å². The van der Waals surface area contributed by atoms with Gasteiger partial charge in [0.2, 0.25) is 0 Å². The second-order valence-corrected chi connectivity index (χ2v) is 5.29. The van der Waals surface area contributed by atoms with E-state index in [1.54, 1.807) is 0 Å². The van der Waals surface area contributed by atoms with Crippen LogP contribution in [-0.4, -0.2) is 36.2 Å². The van der Waals surface area contributed by atoms with Gasteiger partial charge in [0.25, 0.3) is 0 Å². The predicted molar refractivity (Wildman–Crippen MR) is 69.6 cm³/mol. The van der Waals surface area contributed by atoms with E-state index in [9.17, 15) is 0 Å². The van der Waals surface area contributed by atoms with Crippen molar-refractivity contribution < 1.29 is 5.11 Å². The molecule has 0 spiro atoms. The van der Waals surface area contributed by atoms with Crippen molar-refractivity contribution in [3.63, 3.8) is 0 Å². The molecule has 0 radical (unpaired) electrons. The van der Waals surface area contributed by atoms with Crippen LogP contribution in [0, 0.1) is 11.8 Å². The third kappa shape index (κ3) is 4.84. The number of nitrogens with zero attached hydrogens (tertiary/aromatic N) is 1. The minimum Gasteiger partial charge on any atom is -0.396 e. The predicted octanol–water partition coefficient (Wildman–Crippen LogP) is 2.91. The standard InChI is InChI=1S/C14H29NO/c1-3-10-15(4-2)12-14-7-5-13(6-8-14)9-11-16/h13-14,16H,3-12H2,1-2H3. The van der Waals surface area contributed by atoms with Crippen LogP contribution in [-0.2, 0) is 0 Å². The molecule has 0 aromatic heterocycles. The Morgan fingerprint density at radius 2 is 1.69 bits per heavy atom. The Morgan fingerprint density at radius 3 is 2.19 bits per heavy atom. The lowest BCUT2D eigenvalue weighted by Crippen LogP contribution is -2.32. The minimum atomic E-state index is 0.381. The molecule has 2 heteroatoms. The molecule has 1 saturated carbocycles. The van der Waals surface area contributed by atoms with Crippen molar-refractivity contribution in [2.45, 2.75) is 52.4 Å². The Balaban J connectivity index is 2.20. The van der Waals surface area contributed by atoms with Gasteiger partial charge in [0.15, 0.2) is 0 Å². The van der Waals surface area contributed by atoms with Crippen LogP contribution >= 0.6 is 0 Å². The third-order valence-electron chi connectivity index (χ3n) is 4.01. The van der Waals surface area contributed by atoms with Crippen LogP contribution in [0.1, 0.15) is 52.4 Å². The molecule has 1 rings (SSSR count). The van der Waals surface area contributed by atoms with Crippen molar-refractivity contribution >= 4 is 0 Å². The number of rotatable bonds is 7. The fourth-order valence-electron chi connectivity index (χ4n) is 2.95. The van der Waals surface area contributed by atoms with Gasteiger partial charge in [0.1, 0.15) is 0 Å². The van der Waals surface area contributed by atoms with Gasteiger partial charge in [0, 0.05) is 13.2 Å². The maximum Gasteiger partial charge on any atom is 0.0433 e. The summed E-state index contributed by atoms with van der Waals surface area (Å²) in [6.45, 7) is 8.67. The molecule has 0 amide bonds. The molecule has 0 bridgehead atoms. The highest BCUT2D eigenvalue weighted by Gasteiger charge is 2.21. The molecule has 16 heavy (non-hydrogen) atoms. The number of aliphatic hydroxyl groups is 1. The largest absolute Gasteiger partial charge is 0.396 e. The summed E-state index contributed by atoms with van der Waals surface area (Å²) < 4.78 is 0. The molecule has 0 heterocycles. The highest BCUT2D eigenvalue weighted by atomic mass is 16.3. The molecule has 1 fully saturated rings. The summed E-state index contributed by atoms with van der Waals surface area (Å²) in [7, 11) is 0. The fraction of sp³-hybridized carbons (Fsp3) is 1.00. The molecule has 1 N–H and O–H groups in total. The van der Waals surface area contributed by atoms with Crippen molar-refractivity contribution in [1.82, 2.24) is 4.90 Å². The number of aliphatic hydroxyl groups excluding tert-OH is 1. The number of hydrogen-bond donors (Lipinski definition) is 1.